The molecule has 1 rings (SSSR count). The van der Waals surface area contributed by atoms with E-state index in [-0.39, 0.29) is 25.7 Å². The van der Waals surface area contributed by atoms with Gasteiger partial charge in [-0.1, -0.05) is 0 Å². The summed E-state index contributed by atoms with van der Waals surface area (Å²) in [7, 11) is 0. The number of hydrogen-bond acceptors (Lipinski definition) is 8. The zero-order valence-corrected chi connectivity index (χ0v) is 18.3. The molecule has 0 aliphatic rings. The van der Waals surface area contributed by atoms with Crippen molar-refractivity contribution in [1.29, 1.82) is 0 Å². The number of aromatic nitrogens is 2. The monoisotopic (exact) mass is 472 g/mol. The molecule has 1 aromatic heterocycles. The van der Waals surface area contributed by atoms with Crippen molar-refractivity contribution < 1.29 is 34.2 Å². The van der Waals surface area contributed by atoms with Crippen molar-refractivity contribution >= 4 is 41.4 Å². The average molecular weight is 473 g/mol. The fourth-order valence-electron chi connectivity index (χ4n) is 2.55. The topological polar surface area (TPSA) is 217 Å². The number of amides is 3. The lowest BCUT2D eigenvalue weighted by Crippen LogP contribution is -2.53. The normalized spacial score (nSPS) is 13.4. The Bertz CT molecular complexity index is 789. The van der Waals surface area contributed by atoms with Gasteiger partial charge in [0, 0.05) is 24.7 Å². The van der Waals surface area contributed by atoms with E-state index in [9.17, 15) is 29.1 Å². The molecule has 0 saturated heterocycles. The van der Waals surface area contributed by atoms with Gasteiger partial charge in [0.15, 0.2) is 0 Å². The molecule has 3 atom stereocenters. The number of carbonyl (C=O) groups is 5. The number of aromatic amines is 1. The predicted octanol–water partition coefficient (Wildman–Crippen LogP) is -1.93. The van der Waals surface area contributed by atoms with E-state index in [1.165, 1.54) is 24.3 Å². The first-order valence-corrected chi connectivity index (χ1v) is 11.1. The molecule has 1 aromatic rings. The van der Waals surface area contributed by atoms with Gasteiger partial charge in [0.05, 0.1) is 18.9 Å². The van der Waals surface area contributed by atoms with Gasteiger partial charge >= 0.3 is 11.9 Å². The molecule has 3 unspecified atom stereocenters. The molecular formula is C18H28N6O7S. The van der Waals surface area contributed by atoms with Crippen molar-refractivity contribution in [2.45, 2.75) is 43.8 Å². The minimum atomic E-state index is -1.25. The standard InChI is InChI=1S/C18H28N6O7S/c1-32-5-4-12(24-16(28)11(19)2-3-15(26)27)17(29)21-8-14(25)23-13(18(30)31)6-10-7-20-9-22-10/h7,9,11-13H,2-6,8,19H2,1H3,(H,20,22)(H,21,29)(H,23,25)(H,24,28)(H,26,27)(H,30,31). The van der Waals surface area contributed by atoms with Gasteiger partial charge in [0.2, 0.25) is 17.7 Å². The number of H-pyrrole nitrogens is 1. The Kier molecular flexibility index (Phi) is 11.8. The summed E-state index contributed by atoms with van der Waals surface area (Å²) in [6.45, 7) is -0.498. The zero-order chi connectivity index (χ0) is 24.1. The molecule has 0 fully saturated rings. The van der Waals surface area contributed by atoms with Crippen molar-refractivity contribution in [3.8, 4) is 0 Å². The van der Waals surface area contributed by atoms with Crippen LogP contribution in [0, 0.1) is 0 Å². The van der Waals surface area contributed by atoms with Crippen LogP contribution in [0.1, 0.15) is 25.0 Å². The highest BCUT2D eigenvalue weighted by Gasteiger charge is 2.25. The maximum Gasteiger partial charge on any atom is 0.326 e. The fraction of sp³-hybridized carbons (Fsp3) is 0.556. The average Bonchev–Trinajstić information content (AvgIpc) is 3.25. The van der Waals surface area contributed by atoms with Crippen molar-refractivity contribution in [2.24, 2.45) is 5.73 Å². The molecule has 0 radical (unpaired) electrons. The number of carboxylic acid groups (broad SMARTS) is 2. The van der Waals surface area contributed by atoms with Gasteiger partial charge in [-0.2, -0.15) is 11.8 Å². The number of carbonyl (C=O) groups excluding carboxylic acids is 3. The number of nitrogens with zero attached hydrogens (tertiary/aromatic N) is 1. The van der Waals surface area contributed by atoms with Crippen LogP contribution < -0.4 is 21.7 Å². The van der Waals surface area contributed by atoms with Gasteiger partial charge < -0.3 is 36.9 Å². The summed E-state index contributed by atoms with van der Waals surface area (Å²) in [5, 5.41) is 25.1. The van der Waals surface area contributed by atoms with Gasteiger partial charge in [-0.3, -0.25) is 19.2 Å². The first-order valence-electron chi connectivity index (χ1n) is 9.67. The van der Waals surface area contributed by atoms with Gasteiger partial charge in [-0.15, -0.1) is 0 Å². The third kappa shape index (κ3) is 10.3. The highest BCUT2D eigenvalue weighted by molar-refractivity contribution is 7.98. The Hall–Kier alpha value is -3.13. The second-order valence-electron chi connectivity index (χ2n) is 6.84. The number of hydrogen-bond donors (Lipinski definition) is 7. The lowest BCUT2D eigenvalue weighted by atomic mass is 10.1. The maximum absolute atomic E-state index is 12.5. The Balaban J connectivity index is 2.60. The van der Waals surface area contributed by atoms with Gasteiger partial charge in [-0.05, 0) is 24.9 Å². The minimum Gasteiger partial charge on any atom is -0.481 e. The molecule has 8 N–H and O–H groups in total. The van der Waals surface area contributed by atoms with Crippen LogP contribution >= 0.6 is 11.8 Å². The van der Waals surface area contributed by atoms with Crippen LogP contribution in [0.25, 0.3) is 0 Å². The first-order chi connectivity index (χ1) is 15.1. The van der Waals surface area contributed by atoms with E-state index in [1.807, 2.05) is 6.26 Å². The number of nitrogens with one attached hydrogen (secondary N) is 4. The second-order valence-corrected chi connectivity index (χ2v) is 7.82. The van der Waals surface area contributed by atoms with E-state index >= 15 is 0 Å². The molecule has 0 bridgehead atoms. The molecule has 13 nitrogen and oxygen atoms in total. The fourth-order valence-corrected chi connectivity index (χ4v) is 3.02. The SMILES string of the molecule is CSCCC(NC(=O)C(N)CCC(=O)O)C(=O)NCC(=O)NC(Cc1cnc[nH]1)C(=O)O. The first kappa shape index (κ1) is 26.9. The Morgan fingerprint density at radius 1 is 1.12 bits per heavy atom. The molecular weight excluding hydrogens is 444 g/mol. The molecule has 0 saturated carbocycles. The Morgan fingerprint density at radius 2 is 1.84 bits per heavy atom. The zero-order valence-electron chi connectivity index (χ0n) is 17.5. The Labute approximate surface area is 188 Å². The molecule has 14 heteroatoms. The number of nitrogens with two attached hydrogens (primary N) is 1. The third-order valence-corrected chi connectivity index (χ3v) is 4.93. The number of imidazole rings is 1. The van der Waals surface area contributed by atoms with Crippen LogP contribution in [0.2, 0.25) is 0 Å². The lowest BCUT2D eigenvalue weighted by molar-refractivity contribution is -0.141. The van der Waals surface area contributed by atoms with E-state index in [4.69, 9.17) is 10.8 Å². The summed E-state index contributed by atoms with van der Waals surface area (Å²) in [6, 6.07) is -3.31. The quantitative estimate of drug-likeness (QED) is 0.150. The van der Waals surface area contributed by atoms with Crippen LogP contribution in [-0.4, -0.2) is 86.5 Å². The van der Waals surface area contributed by atoms with E-state index < -0.39 is 54.3 Å². The summed E-state index contributed by atoms with van der Waals surface area (Å²) in [4.78, 5) is 65.3. The van der Waals surface area contributed by atoms with Crippen LogP contribution in [0.3, 0.4) is 0 Å². The molecule has 0 aliphatic carbocycles. The van der Waals surface area contributed by atoms with Gasteiger partial charge in [0.1, 0.15) is 12.1 Å². The second kappa shape index (κ2) is 14.0. The Morgan fingerprint density at radius 3 is 2.41 bits per heavy atom. The summed E-state index contributed by atoms with van der Waals surface area (Å²) in [6.07, 6.45) is 4.48. The van der Waals surface area contributed by atoms with Gasteiger partial charge in [0.25, 0.3) is 0 Å². The summed E-state index contributed by atoms with van der Waals surface area (Å²) < 4.78 is 0. The van der Waals surface area contributed by atoms with E-state index in [2.05, 4.69) is 25.9 Å². The summed E-state index contributed by atoms with van der Waals surface area (Å²) >= 11 is 1.44. The van der Waals surface area contributed by atoms with E-state index in [1.54, 1.807) is 0 Å². The predicted molar refractivity (Wildman–Crippen MR) is 115 cm³/mol. The lowest BCUT2D eigenvalue weighted by Gasteiger charge is -2.20. The van der Waals surface area contributed by atoms with Crippen LogP contribution in [0.5, 0.6) is 0 Å². The van der Waals surface area contributed by atoms with E-state index in [0.717, 1.165) is 0 Å². The van der Waals surface area contributed by atoms with Crippen molar-refractivity contribution in [1.82, 2.24) is 25.9 Å². The smallest absolute Gasteiger partial charge is 0.326 e. The third-order valence-electron chi connectivity index (χ3n) is 4.28. The molecule has 32 heavy (non-hydrogen) atoms. The van der Waals surface area contributed by atoms with Crippen molar-refractivity contribution in [3.05, 3.63) is 18.2 Å². The summed E-state index contributed by atoms with van der Waals surface area (Å²) in [5.74, 6) is -3.86. The van der Waals surface area contributed by atoms with Crippen LogP contribution in [0.15, 0.2) is 12.5 Å². The molecule has 0 spiro atoms. The number of thioether (sulfide) groups is 1. The van der Waals surface area contributed by atoms with Crippen LogP contribution in [0.4, 0.5) is 0 Å². The molecule has 178 valence electrons. The number of carboxylic acids is 2. The largest absolute Gasteiger partial charge is 0.481 e. The molecule has 1 heterocycles. The minimum absolute atomic E-state index is 0.0182. The highest BCUT2D eigenvalue weighted by atomic mass is 32.2. The van der Waals surface area contributed by atoms with Crippen molar-refractivity contribution in [3.63, 3.8) is 0 Å². The number of aliphatic carboxylic acids is 2. The number of rotatable bonds is 15. The summed E-state index contributed by atoms with van der Waals surface area (Å²) in [5.41, 5.74) is 6.18. The van der Waals surface area contributed by atoms with E-state index in [0.29, 0.717) is 11.4 Å². The maximum atomic E-state index is 12.5. The van der Waals surface area contributed by atoms with Gasteiger partial charge in [-0.25, -0.2) is 9.78 Å². The highest BCUT2D eigenvalue weighted by Crippen LogP contribution is 2.03. The van der Waals surface area contributed by atoms with Crippen LogP contribution in [-0.2, 0) is 30.4 Å². The van der Waals surface area contributed by atoms with Crippen molar-refractivity contribution in [2.75, 3.05) is 18.6 Å². The molecule has 0 aromatic carbocycles. The molecule has 3 amide bonds. The molecule has 0 aliphatic heterocycles.